The predicted molar refractivity (Wildman–Crippen MR) is 65.4 cm³/mol. The fraction of sp³-hybridized carbons (Fsp3) is 0.455. The minimum absolute atomic E-state index is 0.873. The average molecular weight is 257 g/mol. The molecule has 0 atom stereocenters. The third-order valence-corrected chi connectivity index (χ3v) is 2.60. The lowest BCUT2D eigenvalue weighted by Gasteiger charge is -2.06. The van der Waals surface area contributed by atoms with Crippen LogP contribution in [0.15, 0.2) is 22.7 Å². The summed E-state index contributed by atoms with van der Waals surface area (Å²) in [5.41, 5.74) is 7.97. The quantitative estimate of drug-likeness (QED) is 0.628. The van der Waals surface area contributed by atoms with E-state index in [4.69, 9.17) is 5.73 Å². The van der Waals surface area contributed by atoms with Crippen molar-refractivity contribution >= 4 is 21.6 Å². The van der Waals surface area contributed by atoms with Crippen LogP contribution in [0.5, 0.6) is 0 Å². The molecule has 3 N–H and O–H groups in total. The number of hydrogen-bond acceptors (Lipinski definition) is 2. The molecule has 0 bridgehead atoms. The fourth-order valence-electron chi connectivity index (χ4n) is 1.32. The normalized spacial score (nSPS) is 10.4. The molecule has 0 spiro atoms. The number of hydrogen-bond donors (Lipinski definition) is 2. The minimum Gasteiger partial charge on any atom is -0.398 e. The molecule has 14 heavy (non-hydrogen) atoms. The zero-order valence-electron chi connectivity index (χ0n) is 8.52. The Labute approximate surface area is 94.0 Å². The number of nitrogen functional groups attached to an aromatic ring is 1. The molecule has 2 nitrogen and oxygen atoms in total. The summed E-state index contributed by atoms with van der Waals surface area (Å²) in [6.07, 6.45) is 2.18. The van der Waals surface area contributed by atoms with E-state index in [1.807, 2.05) is 12.1 Å². The smallest absolute Gasteiger partial charge is 0.0358 e. The molecule has 1 aromatic carbocycles. The molecule has 0 saturated carbocycles. The maximum absolute atomic E-state index is 5.88. The van der Waals surface area contributed by atoms with E-state index in [1.165, 1.54) is 12.0 Å². The summed E-state index contributed by atoms with van der Waals surface area (Å²) in [6.45, 7) is 4.25. The maximum Gasteiger partial charge on any atom is 0.0358 e. The highest BCUT2D eigenvalue weighted by molar-refractivity contribution is 9.10. The first kappa shape index (κ1) is 11.5. The van der Waals surface area contributed by atoms with Crippen LogP contribution in [-0.2, 0) is 6.42 Å². The fourth-order valence-corrected chi connectivity index (χ4v) is 1.70. The number of rotatable bonds is 5. The molecule has 0 aromatic heterocycles. The van der Waals surface area contributed by atoms with Gasteiger partial charge in [-0.25, -0.2) is 0 Å². The topological polar surface area (TPSA) is 38.0 Å². The van der Waals surface area contributed by atoms with E-state index in [-0.39, 0.29) is 0 Å². The second kappa shape index (κ2) is 6.04. The Morgan fingerprint density at radius 2 is 2.14 bits per heavy atom. The Morgan fingerprint density at radius 3 is 2.79 bits per heavy atom. The van der Waals surface area contributed by atoms with Gasteiger partial charge in [0.1, 0.15) is 0 Å². The Bertz CT molecular complexity index is 287. The van der Waals surface area contributed by atoms with Crippen molar-refractivity contribution in [3.05, 3.63) is 28.2 Å². The molecule has 1 aromatic rings. The predicted octanol–water partition coefficient (Wildman–Crippen LogP) is 2.57. The van der Waals surface area contributed by atoms with Crippen molar-refractivity contribution in [1.82, 2.24) is 5.32 Å². The third kappa shape index (κ3) is 3.68. The molecule has 0 saturated heterocycles. The number of benzene rings is 1. The SMILES string of the molecule is CCCNCCc1ccc(Br)cc1N. The van der Waals surface area contributed by atoms with Crippen LogP contribution in [0, 0.1) is 0 Å². The number of anilines is 1. The van der Waals surface area contributed by atoms with Gasteiger partial charge < -0.3 is 11.1 Å². The van der Waals surface area contributed by atoms with E-state index in [0.717, 1.165) is 29.7 Å². The molecule has 0 unspecified atom stereocenters. The molecule has 0 fully saturated rings. The second-order valence-corrected chi connectivity index (χ2v) is 4.26. The first-order chi connectivity index (χ1) is 6.74. The van der Waals surface area contributed by atoms with Crippen molar-refractivity contribution in [3.63, 3.8) is 0 Å². The molecule has 1 rings (SSSR count). The van der Waals surface area contributed by atoms with Crippen molar-refractivity contribution in [2.45, 2.75) is 19.8 Å². The van der Waals surface area contributed by atoms with Gasteiger partial charge in [-0.3, -0.25) is 0 Å². The van der Waals surface area contributed by atoms with Crippen LogP contribution in [-0.4, -0.2) is 13.1 Å². The van der Waals surface area contributed by atoms with Crippen LogP contribution >= 0.6 is 15.9 Å². The molecule has 0 amide bonds. The minimum atomic E-state index is 0.873. The van der Waals surface area contributed by atoms with Crippen LogP contribution < -0.4 is 11.1 Å². The van der Waals surface area contributed by atoms with Crippen molar-refractivity contribution < 1.29 is 0 Å². The Balaban J connectivity index is 2.42. The van der Waals surface area contributed by atoms with Crippen molar-refractivity contribution in [3.8, 4) is 0 Å². The summed E-state index contributed by atoms with van der Waals surface area (Å²) in [5.74, 6) is 0. The van der Waals surface area contributed by atoms with Crippen molar-refractivity contribution in [2.24, 2.45) is 0 Å². The van der Waals surface area contributed by atoms with Gasteiger partial charge in [0.2, 0.25) is 0 Å². The highest BCUT2D eigenvalue weighted by Gasteiger charge is 1.98. The van der Waals surface area contributed by atoms with Gasteiger partial charge in [-0.05, 0) is 43.6 Å². The van der Waals surface area contributed by atoms with Gasteiger partial charge in [0, 0.05) is 10.2 Å². The van der Waals surface area contributed by atoms with Crippen LogP contribution in [0.3, 0.4) is 0 Å². The van der Waals surface area contributed by atoms with Crippen LogP contribution in [0.4, 0.5) is 5.69 Å². The van der Waals surface area contributed by atoms with Gasteiger partial charge in [-0.15, -0.1) is 0 Å². The van der Waals surface area contributed by atoms with Gasteiger partial charge >= 0.3 is 0 Å². The number of nitrogens with one attached hydrogen (secondary N) is 1. The van der Waals surface area contributed by atoms with E-state index >= 15 is 0 Å². The van der Waals surface area contributed by atoms with E-state index in [1.54, 1.807) is 0 Å². The van der Waals surface area contributed by atoms with Gasteiger partial charge in [0.25, 0.3) is 0 Å². The molecule has 0 heterocycles. The van der Waals surface area contributed by atoms with Crippen molar-refractivity contribution in [1.29, 1.82) is 0 Å². The summed E-state index contributed by atoms with van der Waals surface area (Å²) in [4.78, 5) is 0. The average Bonchev–Trinajstić information content (AvgIpc) is 2.15. The molecule has 0 aliphatic heterocycles. The summed E-state index contributed by atoms with van der Waals surface area (Å²) in [6, 6.07) is 6.06. The maximum atomic E-state index is 5.88. The number of halogens is 1. The van der Waals surface area contributed by atoms with Crippen LogP contribution in [0.25, 0.3) is 0 Å². The van der Waals surface area contributed by atoms with Crippen molar-refractivity contribution in [2.75, 3.05) is 18.8 Å². The standard InChI is InChI=1S/C11H17BrN2/c1-2-6-14-7-5-9-3-4-10(12)8-11(9)13/h3-4,8,14H,2,5-7,13H2,1H3. The largest absolute Gasteiger partial charge is 0.398 e. The lowest BCUT2D eigenvalue weighted by atomic mass is 10.1. The summed E-state index contributed by atoms with van der Waals surface area (Å²) in [7, 11) is 0. The molecular weight excluding hydrogens is 240 g/mol. The molecule has 3 heteroatoms. The molecular formula is C11H17BrN2. The Morgan fingerprint density at radius 1 is 1.36 bits per heavy atom. The van der Waals surface area contributed by atoms with E-state index in [2.05, 4.69) is 34.2 Å². The molecule has 0 radical (unpaired) electrons. The number of nitrogens with two attached hydrogens (primary N) is 1. The molecule has 0 aliphatic carbocycles. The van der Waals surface area contributed by atoms with Crippen LogP contribution in [0.1, 0.15) is 18.9 Å². The first-order valence-corrected chi connectivity index (χ1v) is 5.78. The Hall–Kier alpha value is -0.540. The monoisotopic (exact) mass is 256 g/mol. The highest BCUT2D eigenvalue weighted by Crippen LogP contribution is 2.18. The lowest BCUT2D eigenvalue weighted by molar-refractivity contribution is 0.672. The zero-order chi connectivity index (χ0) is 10.4. The zero-order valence-corrected chi connectivity index (χ0v) is 10.1. The summed E-state index contributed by atoms with van der Waals surface area (Å²) < 4.78 is 1.04. The molecule has 78 valence electrons. The first-order valence-electron chi connectivity index (χ1n) is 4.98. The summed E-state index contributed by atoms with van der Waals surface area (Å²) in [5, 5.41) is 3.36. The summed E-state index contributed by atoms with van der Waals surface area (Å²) >= 11 is 3.39. The second-order valence-electron chi connectivity index (χ2n) is 3.34. The van der Waals surface area contributed by atoms with Gasteiger partial charge in [0.15, 0.2) is 0 Å². The highest BCUT2D eigenvalue weighted by atomic mass is 79.9. The van der Waals surface area contributed by atoms with Crippen LogP contribution in [0.2, 0.25) is 0 Å². The van der Waals surface area contributed by atoms with E-state index in [0.29, 0.717) is 0 Å². The molecule has 0 aliphatic rings. The van der Waals surface area contributed by atoms with E-state index < -0.39 is 0 Å². The van der Waals surface area contributed by atoms with Gasteiger partial charge in [-0.1, -0.05) is 28.9 Å². The third-order valence-electron chi connectivity index (χ3n) is 2.11. The Kier molecular flexibility index (Phi) is 4.98. The van der Waals surface area contributed by atoms with E-state index in [9.17, 15) is 0 Å². The lowest BCUT2D eigenvalue weighted by Crippen LogP contribution is -2.18. The van der Waals surface area contributed by atoms with Gasteiger partial charge in [0.05, 0.1) is 0 Å². The van der Waals surface area contributed by atoms with Gasteiger partial charge in [-0.2, -0.15) is 0 Å².